The molecule has 17 heavy (non-hydrogen) atoms. The largest absolute Gasteiger partial charge is 0.378 e. The molecule has 0 radical (unpaired) electrons. The Morgan fingerprint density at radius 3 is 2.71 bits per heavy atom. The SMILES string of the molecule is CC(C)NCc1ccc(N2CCOCC2)nc1. The second-order valence-corrected chi connectivity index (χ2v) is 4.66. The second-order valence-electron chi connectivity index (χ2n) is 4.66. The van der Waals surface area contributed by atoms with Crippen LogP contribution in [0.2, 0.25) is 0 Å². The molecule has 1 aliphatic heterocycles. The van der Waals surface area contributed by atoms with Gasteiger partial charge < -0.3 is 15.0 Å². The molecule has 1 fully saturated rings. The van der Waals surface area contributed by atoms with Gasteiger partial charge in [0.15, 0.2) is 0 Å². The Hall–Kier alpha value is -1.13. The van der Waals surface area contributed by atoms with E-state index in [0.717, 1.165) is 38.7 Å². The van der Waals surface area contributed by atoms with E-state index in [9.17, 15) is 0 Å². The second kappa shape index (κ2) is 5.98. The number of aromatic nitrogens is 1. The number of anilines is 1. The molecule has 1 aromatic heterocycles. The first-order valence-electron chi connectivity index (χ1n) is 6.27. The molecule has 1 saturated heterocycles. The summed E-state index contributed by atoms with van der Waals surface area (Å²) in [5.74, 6) is 1.06. The zero-order chi connectivity index (χ0) is 12.1. The summed E-state index contributed by atoms with van der Waals surface area (Å²) in [7, 11) is 0. The minimum Gasteiger partial charge on any atom is -0.378 e. The third-order valence-corrected chi connectivity index (χ3v) is 2.86. The van der Waals surface area contributed by atoms with E-state index in [1.165, 1.54) is 5.56 Å². The minimum absolute atomic E-state index is 0.508. The Bertz CT molecular complexity index is 331. The van der Waals surface area contributed by atoms with Crippen LogP contribution in [0.15, 0.2) is 18.3 Å². The molecule has 1 aromatic rings. The topological polar surface area (TPSA) is 37.4 Å². The third-order valence-electron chi connectivity index (χ3n) is 2.86. The highest BCUT2D eigenvalue weighted by Gasteiger charge is 2.11. The number of nitrogens with zero attached hydrogens (tertiary/aromatic N) is 2. The molecule has 4 heteroatoms. The van der Waals surface area contributed by atoms with E-state index < -0.39 is 0 Å². The number of pyridine rings is 1. The van der Waals surface area contributed by atoms with Crippen LogP contribution in [0, 0.1) is 0 Å². The number of nitrogens with one attached hydrogen (secondary N) is 1. The van der Waals surface area contributed by atoms with E-state index in [-0.39, 0.29) is 0 Å². The van der Waals surface area contributed by atoms with Crippen molar-refractivity contribution in [3.8, 4) is 0 Å². The normalized spacial score (nSPS) is 16.5. The van der Waals surface area contributed by atoms with E-state index in [4.69, 9.17) is 4.74 Å². The van der Waals surface area contributed by atoms with Crippen LogP contribution in [0.5, 0.6) is 0 Å². The van der Waals surface area contributed by atoms with E-state index in [1.54, 1.807) is 0 Å². The summed E-state index contributed by atoms with van der Waals surface area (Å²) in [4.78, 5) is 6.78. The van der Waals surface area contributed by atoms with Crippen molar-refractivity contribution in [2.75, 3.05) is 31.2 Å². The van der Waals surface area contributed by atoms with Crippen molar-refractivity contribution < 1.29 is 4.74 Å². The summed E-state index contributed by atoms with van der Waals surface area (Å²) in [5, 5.41) is 3.39. The van der Waals surface area contributed by atoms with Crippen LogP contribution in [-0.2, 0) is 11.3 Å². The van der Waals surface area contributed by atoms with Gasteiger partial charge in [-0.25, -0.2) is 4.98 Å². The molecular formula is C13H21N3O. The number of morpholine rings is 1. The summed E-state index contributed by atoms with van der Waals surface area (Å²) in [6, 6.07) is 4.75. The molecule has 0 atom stereocenters. The van der Waals surface area contributed by atoms with E-state index in [1.807, 2.05) is 6.20 Å². The number of hydrogen-bond donors (Lipinski definition) is 1. The highest BCUT2D eigenvalue weighted by atomic mass is 16.5. The van der Waals surface area contributed by atoms with E-state index in [0.29, 0.717) is 6.04 Å². The van der Waals surface area contributed by atoms with Gasteiger partial charge in [-0.2, -0.15) is 0 Å². The first-order chi connectivity index (χ1) is 8.25. The fraction of sp³-hybridized carbons (Fsp3) is 0.615. The van der Waals surface area contributed by atoms with Gasteiger partial charge in [0.1, 0.15) is 5.82 Å². The average Bonchev–Trinajstić information content (AvgIpc) is 2.38. The van der Waals surface area contributed by atoms with Gasteiger partial charge in [0, 0.05) is 31.9 Å². The molecule has 0 bridgehead atoms. The molecule has 4 nitrogen and oxygen atoms in total. The zero-order valence-electron chi connectivity index (χ0n) is 10.6. The molecular weight excluding hydrogens is 214 g/mol. The smallest absolute Gasteiger partial charge is 0.128 e. The lowest BCUT2D eigenvalue weighted by Gasteiger charge is -2.27. The Morgan fingerprint density at radius 2 is 2.12 bits per heavy atom. The highest BCUT2D eigenvalue weighted by molar-refractivity contribution is 5.39. The van der Waals surface area contributed by atoms with Crippen molar-refractivity contribution in [1.29, 1.82) is 0 Å². The maximum Gasteiger partial charge on any atom is 0.128 e. The lowest BCUT2D eigenvalue weighted by atomic mass is 10.2. The van der Waals surface area contributed by atoms with Gasteiger partial charge in [0.05, 0.1) is 13.2 Å². The summed E-state index contributed by atoms with van der Waals surface area (Å²) in [5.41, 5.74) is 1.23. The first-order valence-corrected chi connectivity index (χ1v) is 6.27. The lowest BCUT2D eigenvalue weighted by molar-refractivity contribution is 0.122. The molecule has 0 unspecified atom stereocenters. The molecule has 0 amide bonds. The quantitative estimate of drug-likeness (QED) is 0.856. The zero-order valence-corrected chi connectivity index (χ0v) is 10.6. The maximum absolute atomic E-state index is 5.33. The molecule has 0 aromatic carbocycles. The Balaban J connectivity index is 1.92. The molecule has 1 aliphatic rings. The average molecular weight is 235 g/mol. The molecule has 2 heterocycles. The Kier molecular flexibility index (Phi) is 4.34. The monoisotopic (exact) mass is 235 g/mol. The highest BCUT2D eigenvalue weighted by Crippen LogP contribution is 2.12. The number of ether oxygens (including phenoxy) is 1. The molecule has 2 rings (SSSR count). The van der Waals surface area contributed by atoms with Crippen LogP contribution in [0.4, 0.5) is 5.82 Å². The fourth-order valence-electron chi connectivity index (χ4n) is 1.82. The maximum atomic E-state index is 5.33. The summed E-state index contributed by atoms with van der Waals surface area (Å²) in [6.45, 7) is 8.67. The molecule has 0 spiro atoms. The van der Waals surface area contributed by atoms with Gasteiger partial charge in [0.25, 0.3) is 0 Å². The van der Waals surface area contributed by atoms with Crippen molar-refractivity contribution in [3.05, 3.63) is 23.9 Å². The van der Waals surface area contributed by atoms with Crippen molar-refractivity contribution >= 4 is 5.82 Å². The Labute approximate surface area is 103 Å². The van der Waals surface area contributed by atoms with Crippen molar-refractivity contribution in [2.24, 2.45) is 0 Å². The summed E-state index contributed by atoms with van der Waals surface area (Å²) >= 11 is 0. The molecule has 0 saturated carbocycles. The van der Waals surface area contributed by atoms with E-state index >= 15 is 0 Å². The predicted octanol–water partition coefficient (Wildman–Crippen LogP) is 1.42. The standard InChI is InChI=1S/C13H21N3O/c1-11(2)14-9-12-3-4-13(15-10-12)16-5-7-17-8-6-16/h3-4,10-11,14H,5-9H2,1-2H3. The van der Waals surface area contributed by atoms with Crippen LogP contribution in [0.25, 0.3) is 0 Å². The number of rotatable bonds is 4. The van der Waals surface area contributed by atoms with Crippen LogP contribution in [0.3, 0.4) is 0 Å². The van der Waals surface area contributed by atoms with Gasteiger partial charge in [0.2, 0.25) is 0 Å². The van der Waals surface area contributed by atoms with Crippen molar-refractivity contribution in [2.45, 2.75) is 26.4 Å². The van der Waals surface area contributed by atoms with E-state index in [2.05, 4.69) is 41.2 Å². The predicted molar refractivity (Wildman–Crippen MR) is 69.2 cm³/mol. The lowest BCUT2D eigenvalue weighted by Crippen LogP contribution is -2.36. The van der Waals surface area contributed by atoms with Crippen molar-refractivity contribution in [3.63, 3.8) is 0 Å². The van der Waals surface area contributed by atoms with Gasteiger partial charge in [-0.1, -0.05) is 19.9 Å². The fourth-order valence-corrected chi connectivity index (χ4v) is 1.82. The molecule has 94 valence electrons. The van der Waals surface area contributed by atoms with Crippen LogP contribution < -0.4 is 10.2 Å². The first kappa shape index (κ1) is 12.3. The van der Waals surface area contributed by atoms with Gasteiger partial charge in [-0.15, -0.1) is 0 Å². The summed E-state index contributed by atoms with van der Waals surface area (Å²) < 4.78 is 5.33. The van der Waals surface area contributed by atoms with Crippen LogP contribution in [0.1, 0.15) is 19.4 Å². The molecule has 1 N–H and O–H groups in total. The van der Waals surface area contributed by atoms with Crippen LogP contribution >= 0.6 is 0 Å². The minimum atomic E-state index is 0.508. The number of hydrogen-bond acceptors (Lipinski definition) is 4. The van der Waals surface area contributed by atoms with Gasteiger partial charge in [-0.05, 0) is 11.6 Å². The Morgan fingerprint density at radius 1 is 1.35 bits per heavy atom. The van der Waals surface area contributed by atoms with Crippen LogP contribution in [-0.4, -0.2) is 37.3 Å². The van der Waals surface area contributed by atoms with Crippen molar-refractivity contribution in [1.82, 2.24) is 10.3 Å². The van der Waals surface area contributed by atoms with Gasteiger partial charge >= 0.3 is 0 Å². The molecule has 0 aliphatic carbocycles. The summed E-state index contributed by atoms with van der Waals surface area (Å²) in [6.07, 6.45) is 1.96. The third kappa shape index (κ3) is 3.68. The van der Waals surface area contributed by atoms with Gasteiger partial charge in [-0.3, -0.25) is 0 Å².